The van der Waals surface area contributed by atoms with Gasteiger partial charge in [-0.3, -0.25) is 9.89 Å². The molecule has 1 aliphatic heterocycles. The van der Waals surface area contributed by atoms with Crippen molar-refractivity contribution in [2.75, 3.05) is 20.2 Å². The second-order valence-corrected chi connectivity index (χ2v) is 9.59. The normalized spacial score (nSPS) is 15.1. The molecule has 1 saturated heterocycles. The Morgan fingerprint density at radius 2 is 1.81 bits per heavy atom. The zero-order valence-electron chi connectivity index (χ0n) is 16.9. The highest BCUT2D eigenvalue weighted by Gasteiger charge is 2.33. The molecule has 0 bridgehead atoms. The summed E-state index contributed by atoms with van der Waals surface area (Å²) in [5, 5.41) is 6.40. The maximum Gasteiger partial charge on any atom is 0.271 e. The quantitative estimate of drug-likeness (QED) is 0.611. The number of nitrogens with zero attached hydrogens (tertiary/aromatic N) is 2. The van der Waals surface area contributed by atoms with Crippen LogP contribution in [0, 0.1) is 5.82 Å². The monoisotopic (exact) mass is 443 g/mol. The third-order valence-corrected chi connectivity index (χ3v) is 7.78. The number of ether oxygens (including phenoxy) is 1. The fourth-order valence-corrected chi connectivity index (χ4v) is 5.51. The van der Waals surface area contributed by atoms with E-state index in [4.69, 9.17) is 4.74 Å². The van der Waals surface area contributed by atoms with Crippen molar-refractivity contribution in [2.45, 2.75) is 23.0 Å². The van der Waals surface area contributed by atoms with Gasteiger partial charge in [0.2, 0.25) is 0 Å². The van der Waals surface area contributed by atoms with Gasteiger partial charge in [-0.15, -0.1) is 0 Å². The predicted octanol–water partition coefficient (Wildman–Crippen LogP) is 3.30. The molecule has 31 heavy (non-hydrogen) atoms. The van der Waals surface area contributed by atoms with Crippen LogP contribution in [0.25, 0.3) is 11.3 Å². The van der Waals surface area contributed by atoms with E-state index in [-0.39, 0.29) is 10.8 Å². The van der Waals surface area contributed by atoms with E-state index in [1.165, 1.54) is 12.1 Å². The van der Waals surface area contributed by atoms with Crippen LogP contribution >= 0.6 is 0 Å². The number of likely N-dealkylation sites (tertiary alicyclic amines) is 1. The van der Waals surface area contributed by atoms with E-state index >= 15 is 0 Å². The molecule has 0 spiro atoms. The number of para-hydroxylation sites is 1. The van der Waals surface area contributed by atoms with Crippen LogP contribution in [0.5, 0.6) is 5.75 Å². The molecule has 1 fully saturated rings. The molecule has 1 aromatic heterocycles. The molecule has 0 saturated carbocycles. The standard InChI is InChI=1S/C22H22FN3O4S/c1-30-21-5-3-2-4-18(21)19-14-20(25-24-19)22(27)26-12-10-17(11-13-26)31(28,29)16-8-6-15(23)7-9-16/h2-9,14,17H,10-13H2,1H3,(H,24,25). The highest BCUT2D eigenvalue weighted by molar-refractivity contribution is 7.92. The lowest BCUT2D eigenvalue weighted by molar-refractivity contribution is 0.0719. The molecule has 2 heterocycles. The molecular weight excluding hydrogens is 421 g/mol. The second kappa shape index (κ2) is 8.50. The number of rotatable bonds is 5. The Morgan fingerprint density at radius 1 is 1.13 bits per heavy atom. The van der Waals surface area contributed by atoms with Crippen LogP contribution in [-0.4, -0.2) is 54.9 Å². The largest absolute Gasteiger partial charge is 0.496 e. The Kier molecular flexibility index (Phi) is 5.77. The van der Waals surface area contributed by atoms with Crippen LogP contribution in [0.1, 0.15) is 23.3 Å². The average molecular weight is 444 g/mol. The number of methoxy groups -OCH3 is 1. The zero-order chi connectivity index (χ0) is 22.0. The number of hydrogen-bond donors (Lipinski definition) is 1. The van der Waals surface area contributed by atoms with Crippen LogP contribution in [0.3, 0.4) is 0 Å². The number of carbonyl (C=O) groups is 1. The summed E-state index contributed by atoms with van der Waals surface area (Å²) in [5.74, 6) is -0.0579. The first kappa shape index (κ1) is 21.0. The van der Waals surface area contributed by atoms with E-state index in [9.17, 15) is 17.6 Å². The molecule has 1 N–H and O–H groups in total. The number of hydrogen-bond acceptors (Lipinski definition) is 5. The minimum absolute atomic E-state index is 0.105. The summed E-state index contributed by atoms with van der Waals surface area (Å²) in [5.41, 5.74) is 1.69. The van der Waals surface area contributed by atoms with Crippen LogP contribution in [0.2, 0.25) is 0 Å². The highest BCUT2D eigenvalue weighted by atomic mass is 32.2. The summed E-state index contributed by atoms with van der Waals surface area (Å²) in [4.78, 5) is 14.6. The molecule has 3 aromatic rings. The van der Waals surface area contributed by atoms with Gasteiger partial charge in [-0.25, -0.2) is 12.8 Å². The number of nitrogens with one attached hydrogen (secondary N) is 1. The molecule has 162 valence electrons. The van der Waals surface area contributed by atoms with E-state index in [1.807, 2.05) is 24.3 Å². The molecule has 9 heteroatoms. The lowest BCUT2D eigenvalue weighted by atomic mass is 10.1. The molecule has 0 unspecified atom stereocenters. The number of sulfone groups is 1. The summed E-state index contributed by atoms with van der Waals surface area (Å²) in [6.45, 7) is 0.625. The first-order chi connectivity index (χ1) is 14.9. The van der Waals surface area contributed by atoms with E-state index in [1.54, 1.807) is 18.1 Å². The SMILES string of the molecule is COc1ccccc1-c1cc(C(=O)N2CCC(S(=O)(=O)c3ccc(F)cc3)CC2)[nH]n1. The number of aromatic amines is 1. The average Bonchev–Trinajstić information content (AvgIpc) is 3.29. The number of amides is 1. The Labute approximate surface area is 179 Å². The predicted molar refractivity (Wildman–Crippen MR) is 113 cm³/mol. The van der Waals surface area contributed by atoms with Crippen molar-refractivity contribution in [3.8, 4) is 17.0 Å². The van der Waals surface area contributed by atoms with Crippen molar-refractivity contribution < 1.29 is 22.3 Å². The van der Waals surface area contributed by atoms with Gasteiger partial charge < -0.3 is 9.64 Å². The summed E-state index contributed by atoms with van der Waals surface area (Å²) < 4.78 is 44.1. The van der Waals surface area contributed by atoms with Gasteiger partial charge in [0.1, 0.15) is 17.3 Å². The number of carbonyl (C=O) groups excluding carboxylic acids is 1. The Hall–Kier alpha value is -3.20. The molecular formula is C22H22FN3O4S. The van der Waals surface area contributed by atoms with Gasteiger partial charge in [-0.1, -0.05) is 12.1 Å². The third kappa shape index (κ3) is 4.18. The maximum atomic E-state index is 13.1. The van der Waals surface area contributed by atoms with Gasteiger partial charge in [0.05, 0.1) is 22.9 Å². The minimum atomic E-state index is -3.57. The number of H-pyrrole nitrogens is 1. The fourth-order valence-electron chi connectivity index (χ4n) is 3.78. The van der Waals surface area contributed by atoms with Gasteiger partial charge in [0, 0.05) is 18.7 Å². The van der Waals surface area contributed by atoms with E-state index in [0.29, 0.717) is 43.1 Å². The third-order valence-electron chi connectivity index (χ3n) is 5.50. The summed E-state index contributed by atoms with van der Waals surface area (Å²) >= 11 is 0. The van der Waals surface area contributed by atoms with Gasteiger partial charge in [0.15, 0.2) is 9.84 Å². The Bertz CT molecular complexity index is 1180. The number of benzene rings is 2. The first-order valence-electron chi connectivity index (χ1n) is 9.87. The van der Waals surface area contributed by atoms with Crippen molar-refractivity contribution in [3.05, 3.63) is 66.1 Å². The first-order valence-corrected chi connectivity index (χ1v) is 11.4. The van der Waals surface area contributed by atoms with Crippen molar-refractivity contribution in [2.24, 2.45) is 0 Å². The van der Waals surface area contributed by atoms with Crippen molar-refractivity contribution in [1.29, 1.82) is 0 Å². The van der Waals surface area contributed by atoms with E-state index in [0.717, 1.165) is 17.7 Å². The topological polar surface area (TPSA) is 92.4 Å². The van der Waals surface area contributed by atoms with Gasteiger partial charge in [-0.05, 0) is 55.3 Å². The molecule has 1 amide bonds. The lowest BCUT2D eigenvalue weighted by Crippen LogP contribution is -2.42. The van der Waals surface area contributed by atoms with Crippen LogP contribution < -0.4 is 4.74 Å². The smallest absolute Gasteiger partial charge is 0.271 e. The molecule has 0 atom stereocenters. The lowest BCUT2D eigenvalue weighted by Gasteiger charge is -2.31. The zero-order valence-corrected chi connectivity index (χ0v) is 17.7. The van der Waals surface area contributed by atoms with Crippen LogP contribution in [-0.2, 0) is 9.84 Å². The van der Waals surface area contributed by atoms with Crippen molar-refractivity contribution >= 4 is 15.7 Å². The molecule has 4 rings (SSSR count). The number of halogens is 1. The molecule has 0 radical (unpaired) electrons. The summed E-state index contributed by atoms with van der Waals surface area (Å²) in [6.07, 6.45) is 0.637. The number of aromatic nitrogens is 2. The minimum Gasteiger partial charge on any atom is -0.496 e. The molecule has 0 aliphatic carbocycles. The number of piperidine rings is 1. The molecule has 2 aromatic carbocycles. The van der Waals surface area contributed by atoms with Gasteiger partial charge >= 0.3 is 0 Å². The van der Waals surface area contributed by atoms with Crippen molar-refractivity contribution in [3.63, 3.8) is 0 Å². The van der Waals surface area contributed by atoms with Gasteiger partial charge in [0.25, 0.3) is 5.91 Å². The van der Waals surface area contributed by atoms with Crippen LogP contribution in [0.4, 0.5) is 4.39 Å². The molecule has 1 aliphatic rings. The van der Waals surface area contributed by atoms with Crippen LogP contribution in [0.15, 0.2) is 59.5 Å². The second-order valence-electron chi connectivity index (χ2n) is 7.36. The highest BCUT2D eigenvalue weighted by Crippen LogP contribution is 2.29. The molecule has 7 nitrogen and oxygen atoms in total. The summed E-state index contributed by atoms with van der Waals surface area (Å²) in [7, 11) is -2.00. The van der Waals surface area contributed by atoms with E-state index in [2.05, 4.69) is 10.2 Å². The van der Waals surface area contributed by atoms with Gasteiger partial charge in [-0.2, -0.15) is 5.10 Å². The Morgan fingerprint density at radius 3 is 2.48 bits per heavy atom. The fraction of sp³-hybridized carbons (Fsp3) is 0.273. The maximum absolute atomic E-state index is 13.1. The Balaban J connectivity index is 1.44. The van der Waals surface area contributed by atoms with Crippen molar-refractivity contribution in [1.82, 2.24) is 15.1 Å². The van der Waals surface area contributed by atoms with E-state index < -0.39 is 20.9 Å². The summed E-state index contributed by atoms with van der Waals surface area (Å²) in [6, 6.07) is 13.9.